The molecule has 5 nitrogen and oxygen atoms in total. The van der Waals surface area contributed by atoms with Crippen LogP contribution in [0.2, 0.25) is 0 Å². The highest BCUT2D eigenvalue weighted by Gasteiger charge is 2.24. The number of halogens is 1. The van der Waals surface area contributed by atoms with Gasteiger partial charge in [-0.2, -0.15) is 4.31 Å². The Balaban J connectivity index is 2.94. The number of nitrogen functional groups attached to an aromatic ring is 1. The van der Waals surface area contributed by atoms with Crippen LogP contribution in [0.5, 0.6) is 0 Å². The molecule has 20 heavy (non-hydrogen) atoms. The van der Waals surface area contributed by atoms with E-state index in [9.17, 15) is 8.42 Å². The molecule has 0 amide bonds. The second-order valence-electron chi connectivity index (χ2n) is 4.84. The van der Waals surface area contributed by atoms with E-state index in [0.717, 1.165) is 13.0 Å². The molecule has 114 valence electrons. The number of nitrogens with two attached hydrogens (primary N) is 1. The van der Waals surface area contributed by atoms with Gasteiger partial charge >= 0.3 is 0 Å². The van der Waals surface area contributed by atoms with Gasteiger partial charge in [-0.05, 0) is 61.2 Å². The number of sulfonamides is 1. The monoisotopic (exact) mass is 363 g/mol. The van der Waals surface area contributed by atoms with E-state index in [-0.39, 0.29) is 4.90 Å². The normalized spacial score (nSPS) is 12.3. The van der Waals surface area contributed by atoms with Crippen LogP contribution < -0.4 is 5.73 Å². The fourth-order valence-corrected chi connectivity index (χ4v) is 4.42. The van der Waals surface area contributed by atoms with Gasteiger partial charge in [0.2, 0.25) is 10.0 Å². The third-order valence-electron chi connectivity index (χ3n) is 2.94. The second-order valence-corrected chi connectivity index (χ2v) is 7.60. The summed E-state index contributed by atoms with van der Waals surface area (Å²) in [6.45, 7) is 3.66. The van der Waals surface area contributed by atoms with Crippen molar-refractivity contribution in [2.75, 3.05) is 39.5 Å². The minimum Gasteiger partial charge on any atom is -0.399 e. The Hall–Kier alpha value is -0.630. The van der Waals surface area contributed by atoms with Crippen molar-refractivity contribution < 1.29 is 8.42 Å². The van der Waals surface area contributed by atoms with E-state index in [1.54, 1.807) is 18.2 Å². The minimum atomic E-state index is -3.48. The molecule has 2 N–H and O–H groups in total. The van der Waals surface area contributed by atoms with Crippen molar-refractivity contribution in [2.24, 2.45) is 0 Å². The number of nitrogens with zero attached hydrogens (tertiary/aromatic N) is 2. The van der Waals surface area contributed by atoms with E-state index in [2.05, 4.69) is 15.9 Å². The summed E-state index contributed by atoms with van der Waals surface area (Å²) in [6.07, 6.45) is 0.798. The molecule has 0 aliphatic rings. The molecule has 1 aromatic rings. The smallest absolute Gasteiger partial charge is 0.244 e. The van der Waals surface area contributed by atoms with Crippen LogP contribution in [-0.2, 0) is 10.0 Å². The van der Waals surface area contributed by atoms with Crippen molar-refractivity contribution in [3.8, 4) is 0 Å². The van der Waals surface area contributed by atoms with Gasteiger partial charge in [-0.15, -0.1) is 0 Å². The van der Waals surface area contributed by atoms with Crippen LogP contribution in [0.3, 0.4) is 0 Å². The Morgan fingerprint density at radius 1 is 1.25 bits per heavy atom. The van der Waals surface area contributed by atoms with E-state index >= 15 is 0 Å². The van der Waals surface area contributed by atoms with Gasteiger partial charge in [-0.25, -0.2) is 8.42 Å². The number of rotatable bonds is 7. The van der Waals surface area contributed by atoms with E-state index in [1.807, 2.05) is 25.9 Å². The van der Waals surface area contributed by atoms with E-state index in [4.69, 9.17) is 5.73 Å². The Labute approximate surface area is 129 Å². The molecular formula is C13H22BrN3O2S. The lowest BCUT2D eigenvalue weighted by Gasteiger charge is -2.22. The third-order valence-corrected chi connectivity index (χ3v) is 5.89. The number of anilines is 1. The van der Waals surface area contributed by atoms with Gasteiger partial charge in [0.25, 0.3) is 0 Å². The molecule has 0 aliphatic carbocycles. The zero-order chi connectivity index (χ0) is 15.3. The highest BCUT2D eigenvalue weighted by atomic mass is 79.9. The maximum atomic E-state index is 12.6. The summed E-state index contributed by atoms with van der Waals surface area (Å²) in [5, 5.41) is 0. The fraction of sp³-hybridized carbons (Fsp3) is 0.538. The van der Waals surface area contributed by atoms with Crippen molar-refractivity contribution in [1.29, 1.82) is 0 Å². The van der Waals surface area contributed by atoms with Crippen molar-refractivity contribution in [1.82, 2.24) is 9.21 Å². The van der Waals surface area contributed by atoms with Crippen molar-refractivity contribution in [2.45, 2.75) is 18.2 Å². The van der Waals surface area contributed by atoms with E-state index in [1.165, 1.54) is 4.31 Å². The summed E-state index contributed by atoms with van der Waals surface area (Å²) in [4.78, 5) is 2.30. The SMILES string of the molecule is CCN(CCCN(C)C)S(=O)(=O)c1ccc(N)cc1Br. The standard InChI is InChI=1S/C13H22BrN3O2S/c1-4-17(9-5-8-16(2)3)20(18,19)13-7-6-11(15)10-12(13)14/h6-7,10H,4-5,8-9,15H2,1-3H3. The average molecular weight is 364 g/mol. The summed E-state index contributed by atoms with van der Waals surface area (Å²) < 4.78 is 27.2. The maximum Gasteiger partial charge on any atom is 0.244 e. The van der Waals surface area contributed by atoms with Crippen LogP contribution in [0.1, 0.15) is 13.3 Å². The molecule has 0 aromatic heterocycles. The van der Waals surface area contributed by atoms with Crippen LogP contribution in [0, 0.1) is 0 Å². The number of hydrogen-bond acceptors (Lipinski definition) is 4. The van der Waals surface area contributed by atoms with E-state index in [0.29, 0.717) is 23.2 Å². The van der Waals surface area contributed by atoms with Crippen LogP contribution in [-0.4, -0.2) is 51.4 Å². The van der Waals surface area contributed by atoms with Gasteiger partial charge in [0.15, 0.2) is 0 Å². The zero-order valence-electron chi connectivity index (χ0n) is 12.1. The fourth-order valence-electron chi connectivity index (χ4n) is 1.88. The first-order valence-corrected chi connectivity index (χ1v) is 8.72. The summed E-state index contributed by atoms with van der Waals surface area (Å²) >= 11 is 3.28. The van der Waals surface area contributed by atoms with Crippen LogP contribution in [0.4, 0.5) is 5.69 Å². The number of hydrogen-bond donors (Lipinski definition) is 1. The highest BCUT2D eigenvalue weighted by molar-refractivity contribution is 9.10. The molecular weight excluding hydrogens is 342 g/mol. The molecule has 7 heteroatoms. The van der Waals surface area contributed by atoms with Gasteiger partial charge in [-0.1, -0.05) is 6.92 Å². The summed E-state index contributed by atoms with van der Waals surface area (Å²) in [5.74, 6) is 0. The lowest BCUT2D eigenvalue weighted by Crippen LogP contribution is -2.33. The Morgan fingerprint density at radius 3 is 2.40 bits per heavy atom. The van der Waals surface area contributed by atoms with Gasteiger partial charge in [0, 0.05) is 23.2 Å². The molecule has 0 saturated heterocycles. The quantitative estimate of drug-likeness (QED) is 0.752. The molecule has 1 rings (SSSR count). The maximum absolute atomic E-state index is 12.6. The number of benzene rings is 1. The third kappa shape index (κ3) is 4.44. The van der Waals surface area contributed by atoms with Crippen LogP contribution >= 0.6 is 15.9 Å². The largest absolute Gasteiger partial charge is 0.399 e. The first-order chi connectivity index (χ1) is 9.28. The van der Waals surface area contributed by atoms with E-state index < -0.39 is 10.0 Å². The Morgan fingerprint density at radius 2 is 1.90 bits per heavy atom. The van der Waals surface area contributed by atoms with Gasteiger partial charge in [0.1, 0.15) is 0 Å². The molecule has 0 radical (unpaired) electrons. The van der Waals surface area contributed by atoms with Crippen LogP contribution in [0.15, 0.2) is 27.6 Å². The zero-order valence-corrected chi connectivity index (χ0v) is 14.5. The Kier molecular flexibility index (Phi) is 6.44. The van der Waals surface area contributed by atoms with Gasteiger partial charge in [0.05, 0.1) is 4.90 Å². The van der Waals surface area contributed by atoms with Crippen molar-refractivity contribution in [3.63, 3.8) is 0 Å². The minimum absolute atomic E-state index is 0.262. The van der Waals surface area contributed by atoms with Gasteiger partial charge in [-0.3, -0.25) is 0 Å². The predicted molar refractivity (Wildman–Crippen MR) is 86.2 cm³/mol. The molecule has 0 aliphatic heterocycles. The lowest BCUT2D eigenvalue weighted by atomic mass is 10.3. The lowest BCUT2D eigenvalue weighted by molar-refractivity contribution is 0.356. The molecule has 0 heterocycles. The van der Waals surface area contributed by atoms with Gasteiger partial charge < -0.3 is 10.6 Å². The average Bonchev–Trinajstić information content (AvgIpc) is 2.33. The van der Waals surface area contributed by atoms with Crippen molar-refractivity contribution in [3.05, 3.63) is 22.7 Å². The second kappa shape index (κ2) is 7.40. The van der Waals surface area contributed by atoms with Crippen molar-refractivity contribution >= 4 is 31.6 Å². The molecule has 0 fully saturated rings. The molecule has 0 spiro atoms. The summed E-state index contributed by atoms with van der Waals surface area (Å²) in [5.41, 5.74) is 6.18. The first-order valence-electron chi connectivity index (χ1n) is 6.49. The molecule has 0 unspecified atom stereocenters. The highest BCUT2D eigenvalue weighted by Crippen LogP contribution is 2.27. The van der Waals surface area contributed by atoms with Crippen LogP contribution in [0.25, 0.3) is 0 Å². The summed E-state index contributed by atoms with van der Waals surface area (Å²) in [6, 6.07) is 4.76. The molecule has 1 aromatic carbocycles. The first kappa shape index (κ1) is 17.4. The molecule has 0 atom stereocenters. The molecule has 0 bridgehead atoms. The summed E-state index contributed by atoms with van der Waals surface area (Å²) in [7, 11) is 0.463. The molecule has 0 saturated carbocycles. The Bertz CT molecular complexity index is 547. The predicted octanol–water partition coefficient (Wildman–Crippen LogP) is 1.99. The topological polar surface area (TPSA) is 66.6 Å².